The van der Waals surface area contributed by atoms with Crippen molar-refractivity contribution in [1.82, 2.24) is 0 Å². The minimum atomic E-state index is -0.290. The molecule has 0 spiro atoms. The van der Waals surface area contributed by atoms with Crippen molar-refractivity contribution >= 4 is 23.2 Å². The molecular weight excluding hydrogens is 135 g/mol. The van der Waals surface area contributed by atoms with E-state index in [2.05, 4.69) is 10.2 Å². The lowest BCUT2D eigenvalue weighted by Gasteiger charge is -1.95. The second-order valence-electron chi connectivity index (χ2n) is 1.33. The Labute approximate surface area is 51.5 Å². The lowest BCUT2D eigenvalue weighted by atomic mass is 10.4. The number of nitrogens with zero attached hydrogens (tertiary/aromatic N) is 2. The molecule has 0 amide bonds. The van der Waals surface area contributed by atoms with E-state index in [9.17, 15) is 0 Å². The molecule has 2 nitrogen and oxygen atoms in total. The maximum Gasteiger partial charge on any atom is 0.162 e. The molecule has 2 atom stereocenters. The average Bonchev–Trinajstić information content (AvgIpc) is 1.91. The molecule has 1 rings (SSSR count). The highest BCUT2D eigenvalue weighted by Crippen LogP contribution is 2.17. The van der Waals surface area contributed by atoms with Crippen molar-refractivity contribution < 1.29 is 0 Å². The van der Waals surface area contributed by atoms with Crippen molar-refractivity contribution in [3.8, 4) is 0 Å². The smallest absolute Gasteiger partial charge is 0.162 e. The van der Waals surface area contributed by atoms with E-state index in [1.165, 1.54) is 0 Å². The van der Waals surface area contributed by atoms with Crippen molar-refractivity contribution in [2.24, 2.45) is 10.2 Å². The first-order valence-electron chi connectivity index (χ1n) is 1.95. The molecule has 4 heteroatoms. The van der Waals surface area contributed by atoms with Crippen LogP contribution in [-0.2, 0) is 0 Å². The number of halogens is 2. The molecule has 1 aliphatic heterocycles. The van der Waals surface area contributed by atoms with Crippen molar-refractivity contribution in [1.29, 1.82) is 0 Å². The lowest BCUT2D eigenvalue weighted by Crippen LogP contribution is -2.08. The zero-order chi connectivity index (χ0) is 5.28. The summed E-state index contributed by atoms with van der Waals surface area (Å²) in [6.07, 6.45) is 0. The number of alkyl halides is 2. The van der Waals surface area contributed by atoms with Crippen LogP contribution in [0.2, 0.25) is 0 Å². The van der Waals surface area contributed by atoms with Gasteiger partial charge in [0, 0.05) is 0 Å². The summed E-state index contributed by atoms with van der Waals surface area (Å²) in [6, 6.07) is 0. The van der Waals surface area contributed by atoms with Gasteiger partial charge >= 0.3 is 0 Å². The Morgan fingerprint density at radius 3 is 2.29 bits per heavy atom. The summed E-state index contributed by atoms with van der Waals surface area (Å²) >= 11 is 11.0. The Hall–Kier alpha value is 0.180. The third-order valence-electron chi connectivity index (χ3n) is 0.746. The fourth-order valence-corrected chi connectivity index (χ4v) is 0.616. The zero-order valence-corrected chi connectivity index (χ0v) is 5.02. The van der Waals surface area contributed by atoms with Crippen molar-refractivity contribution in [2.45, 2.75) is 10.9 Å². The SMILES string of the molecule is ClC1CN=NC1Cl. The summed E-state index contributed by atoms with van der Waals surface area (Å²) in [5, 5.41) is 7.10. The summed E-state index contributed by atoms with van der Waals surface area (Å²) < 4.78 is 0. The van der Waals surface area contributed by atoms with E-state index in [4.69, 9.17) is 23.2 Å². The second-order valence-corrected chi connectivity index (χ2v) is 2.34. The molecule has 0 N–H and O–H groups in total. The topological polar surface area (TPSA) is 24.7 Å². The van der Waals surface area contributed by atoms with Crippen LogP contribution in [-0.4, -0.2) is 17.4 Å². The number of azo groups is 1. The standard InChI is InChI=1S/C3H4Cl2N2/c4-2-1-6-7-3(2)5/h2-3H,1H2. The lowest BCUT2D eigenvalue weighted by molar-refractivity contribution is 0.920. The van der Waals surface area contributed by atoms with Gasteiger partial charge in [0.25, 0.3) is 0 Å². The Kier molecular flexibility index (Phi) is 1.50. The predicted molar refractivity (Wildman–Crippen MR) is 29.0 cm³/mol. The molecule has 0 radical (unpaired) electrons. The first-order valence-corrected chi connectivity index (χ1v) is 2.83. The molecule has 40 valence electrons. The molecule has 0 aromatic carbocycles. The summed E-state index contributed by atoms with van der Waals surface area (Å²) in [5.41, 5.74) is -0.290. The fraction of sp³-hybridized carbons (Fsp3) is 1.00. The van der Waals surface area contributed by atoms with Crippen LogP contribution in [0.25, 0.3) is 0 Å². The molecule has 0 aromatic heterocycles. The highest BCUT2D eigenvalue weighted by molar-refractivity contribution is 6.30. The molecule has 1 aliphatic rings. The number of rotatable bonds is 0. The monoisotopic (exact) mass is 138 g/mol. The molecule has 0 saturated carbocycles. The van der Waals surface area contributed by atoms with E-state index in [1.807, 2.05) is 0 Å². The van der Waals surface area contributed by atoms with E-state index >= 15 is 0 Å². The van der Waals surface area contributed by atoms with Gasteiger partial charge in [0.2, 0.25) is 0 Å². The first kappa shape index (κ1) is 5.32. The summed E-state index contributed by atoms with van der Waals surface area (Å²) in [5.74, 6) is 0. The van der Waals surface area contributed by atoms with Crippen LogP contribution in [0.15, 0.2) is 10.2 Å². The number of hydrogen-bond acceptors (Lipinski definition) is 2. The van der Waals surface area contributed by atoms with Crippen molar-refractivity contribution in [3.63, 3.8) is 0 Å². The zero-order valence-electron chi connectivity index (χ0n) is 3.51. The molecule has 1 heterocycles. The maximum atomic E-state index is 5.54. The van der Waals surface area contributed by atoms with Gasteiger partial charge in [-0.1, -0.05) is 11.6 Å². The van der Waals surface area contributed by atoms with Crippen LogP contribution in [0.4, 0.5) is 0 Å². The van der Waals surface area contributed by atoms with Crippen LogP contribution in [0.1, 0.15) is 0 Å². The van der Waals surface area contributed by atoms with E-state index in [1.54, 1.807) is 0 Å². The van der Waals surface area contributed by atoms with Gasteiger partial charge in [-0.25, -0.2) is 0 Å². The Balaban J connectivity index is 2.45. The number of hydrogen-bond donors (Lipinski definition) is 0. The van der Waals surface area contributed by atoms with Crippen LogP contribution < -0.4 is 0 Å². The second kappa shape index (κ2) is 1.97. The van der Waals surface area contributed by atoms with Gasteiger partial charge in [0.1, 0.15) is 0 Å². The van der Waals surface area contributed by atoms with Gasteiger partial charge in [0.05, 0.1) is 11.9 Å². The molecule has 2 unspecified atom stereocenters. The summed E-state index contributed by atoms with van der Waals surface area (Å²) in [7, 11) is 0. The highest BCUT2D eigenvalue weighted by Gasteiger charge is 2.19. The summed E-state index contributed by atoms with van der Waals surface area (Å²) in [6.45, 7) is 0.565. The quantitative estimate of drug-likeness (QED) is 0.360. The predicted octanol–water partition coefficient (Wildman–Crippen LogP) is 1.62. The Morgan fingerprint density at radius 2 is 2.14 bits per heavy atom. The largest absolute Gasteiger partial charge is 0.191 e. The van der Waals surface area contributed by atoms with Crippen LogP contribution >= 0.6 is 23.2 Å². The van der Waals surface area contributed by atoms with Crippen molar-refractivity contribution in [2.75, 3.05) is 6.54 Å². The van der Waals surface area contributed by atoms with E-state index < -0.39 is 0 Å². The molecule has 0 aliphatic carbocycles. The highest BCUT2D eigenvalue weighted by atomic mass is 35.5. The Morgan fingerprint density at radius 1 is 1.43 bits per heavy atom. The van der Waals surface area contributed by atoms with Crippen LogP contribution in [0.3, 0.4) is 0 Å². The van der Waals surface area contributed by atoms with E-state index in [0.717, 1.165) is 0 Å². The molecule has 0 aromatic rings. The third kappa shape index (κ3) is 1.04. The fourth-order valence-electron chi connectivity index (χ4n) is 0.362. The van der Waals surface area contributed by atoms with Gasteiger partial charge in [-0.3, -0.25) is 0 Å². The first-order chi connectivity index (χ1) is 3.30. The third-order valence-corrected chi connectivity index (χ3v) is 1.64. The van der Waals surface area contributed by atoms with Gasteiger partial charge in [-0.15, -0.1) is 11.6 Å². The summed E-state index contributed by atoms with van der Waals surface area (Å²) in [4.78, 5) is 0. The van der Waals surface area contributed by atoms with E-state index in [0.29, 0.717) is 6.54 Å². The average molecular weight is 139 g/mol. The minimum absolute atomic E-state index is 0.0818. The maximum absolute atomic E-state index is 5.54. The molecule has 0 fully saturated rings. The normalized spacial score (nSPS) is 39.7. The van der Waals surface area contributed by atoms with Gasteiger partial charge in [0.15, 0.2) is 5.50 Å². The van der Waals surface area contributed by atoms with Gasteiger partial charge in [-0.05, 0) is 0 Å². The Bertz CT molecular complexity index is 92.9. The van der Waals surface area contributed by atoms with Crippen LogP contribution in [0, 0.1) is 0 Å². The molecule has 0 saturated heterocycles. The van der Waals surface area contributed by atoms with E-state index in [-0.39, 0.29) is 10.9 Å². The minimum Gasteiger partial charge on any atom is -0.191 e. The molecule has 7 heavy (non-hydrogen) atoms. The van der Waals surface area contributed by atoms with Gasteiger partial charge < -0.3 is 0 Å². The molecule has 0 bridgehead atoms. The van der Waals surface area contributed by atoms with Crippen LogP contribution in [0.5, 0.6) is 0 Å². The van der Waals surface area contributed by atoms with Crippen molar-refractivity contribution in [3.05, 3.63) is 0 Å². The van der Waals surface area contributed by atoms with Gasteiger partial charge in [-0.2, -0.15) is 10.2 Å². The molecular formula is C3H4Cl2N2.